The van der Waals surface area contributed by atoms with Crippen molar-refractivity contribution in [1.29, 1.82) is 0 Å². The number of halogens is 3. The first-order valence-corrected chi connectivity index (χ1v) is 6.14. The predicted molar refractivity (Wildman–Crippen MR) is 68.0 cm³/mol. The molecule has 1 aromatic rings. The second kappa shape index (κ2) is 6.65. The van der Waals surface area contributed by atoms with Crippen molar-refractivity contribution in [3.63, 3.8) is 0 Å². The fourth-order valence-electron chi connectivity index (χ4n) is 1.78. The Morgan fingerprint density at radius 1 is 1.30 bits per heavy atom. The van der Waals surface area contributed by atoms with E-state index in [1.165, 1.54) is 19.1 Å². The number of benzene rings is 1. The van der Waals surface area contributed by atoms with Crippen LogP contribution in [-0.2, 0) is 22.2 Å². The molecule has 0 aliphatic heterocycles. The van der Waals surface area contributed by atoms with Crippen LogP contribution in [0.4, 0.5) is 13.2 Å². The average Bonchev–Trinajstić information content (AvgIpc) is 2.34. The number of aryl methyl sites for hydroxylation is 1. The van der Waals surface area contributed by atoms with Gasteiger partial charge in [0.1, 0.15) is 11.6 Å². The molecule has 0 saturated carbocycles. The Balaban J connectivity index is 2.62. The molecule has 0 aliphatic carbocycles. The van der Waals surface area contributed by atoms with Crippen molar-refractivity contribution in [1.82, 2.24) is 0 Å². The van der Waals surface area contributed by atoms with Crippen molar-refractivity contribution < 1.29 is 22.8 Å². The van der Waals surface area contributed by atoms with Gasteiger partial charge in [-0.25, -0.2) is 0 Å². The Bertz CT molecular complexity index is 497. The average molecular weight is 287 g/mol. The van der Waals surface area contributed by atoms with E-state index in [1.807, 2.05) is 0 Å². The Morgan fingerprint density at radius 3 is 2.50 bits per heavy atom. The third kappa shape index (κ3) is 5.13. The highest BCUT2D eigenvalue weighted by Crippen LogP contribution is 2.29. The minimum atomic E-state index is -4.40. The normalized spacial score (nSPS) is 13.1. The molecule has 0 fully saturated rings. The SMILES string of the molecule is CC(=O)C[C@@H](N)C(=O)CCc1cccc(C(F)(F)F)c1. The number of ketones is 2. The molecule has 0 aromatic heterocycles. The summed E-state index contributed by atoms with van der Waals surface area (Å²) < 4.78 is 37.5. The van der Waals surface area contributed by atoms with E-state index in [0.717, 1.165) is 12.1 Å². The summed E-state index contributed by atoms with van der Waals surface area (Å²) in [7, 11) is 0. The number of hydrogen-bond acceptors (Lipinski definition) is 3. The van der Waals surface area contributed by atoms with Gasteiger partial charge in [0.15, 0.2) is 0 Å². The van der Waals surface area contributed by atoms with Crippen LogP contribution in [0, 0.1) is 0 Å². The maximum Gasteiger partial charge on any atom is 0.416 e. The Kier molecular flexibility index (Phi) is 5.44. The molecule has 1 atom stereocenters. The maximum atomic E-state index is 12.5. The van der Waals surface area contributed by atoms with Crippen LogP contribution in [0.5, 0.6) is 0 Å². The highest BCUT2D eigenvalue weighted by molar-refractivity contribution is 5.89. The molecule has 3 nitrogen and oxygen atoms in total. The number of Topliss-reactive ketones (excluding diaryl/α,β-unsaturated/α-hetero) is 2. The monoisotopic (exact) mass is 287 g/mol. The zero-order valence-corrected chi connectivity index (χ0v) is 11.0. The molecule has 0 bridgehead atoms. The summed E-state index contributed by atoms with van der Waals surface area (Å²) in [6, 6.07) is 3.95. The van der Waals surface area contributed by atoms with Gasteiger partial charge in [0.05, 0.1) is 11.6 Å². The largest absolute Gasteiger partial charge is 0.416 e. The molecule has 20 heavy (non-hydrogen) atoms. The fraction of sp³-hybridized carbons (Fsp3) is 0.429. The van der Waals surface area contributed by atoms with Crippen molar-refractivity contribution in [3.05, 3.63) is 35.4 Å². The van der Waals surface area contributed by atoms with Gasteiger partial charge in [0, 0.05) is 12.8 Å². The first-order valence-electron chi connectivity index (χ1n) is 6.14. The molecule has 110 valence electrons. The third-order valence-corrected chi connectivity index (χ3v) is 2.84. The summed E-state index contributed by atoms with van der Waals surface area (Å²) in [5, 5.41) is 0. The summed E-state index contributed by atoms with van der Waals surface area (Å²) >= 11 is 0. The number of carbonyl (C=O) groups is 2. The Hall–Kier alpha value is -1.69. The van der Waals surface area contributed by atoms with E-state index >= 15 is 0 Å². The summed E-state index contributed by atoms with van der Waals surface area (Å²) in [6.07, 6.45) is -4.24. The summed E-state index contributed by atoms with van der Waals surface area (Å²) in [6.45, 7) is 1.33. The van der Waals surface area contributed by atoms with Crippen molar-refractivity contribution in [3.8, 4) is 0 Å². The predicted octanol–water partition coefficient (Wildman–Crippen LogP) is 2.51. The van der Waals surface area contributed by atoms with Gasteiger partial charge in [0.2, 0.25) is 0 Å². The summed E-state index contributed by atoms with van der Waals surface area (Å²) in [4.78, 5) is 22.5. The van der Waals surface area contributed by atoms with E-state index in [2.05, 4.69) is 0 Å². The van der Waals surface area contributed by atoms with E-state index in [0.29, 0.717) is 5.56 Å². The van der Waals surface area contributed by atoms with E-state index < -0.39 is 17.8 Å². The van der Waals surface area contributed by atoms with Gasteiger partial charge < -0.3 is 5.73 Å². The van der Waals surface area contributed by atoms with Gasteiger partial charge in [-0.1, -0.05) is 18.2 Å². The summed E-state index contributed by atoms with van der Waals surface area (Å²) in [5.74, 6) is -0.512. The van der Waals surface area contributed by atoms with Crippen molar-refractivity contribution in [2.45, 2.75) is 38.4 Å². The van der Waals surface area contributed by atoms with Gasteiger partial charge in [-0.3, -0.25) is 9.59 Å². The molecule has 0 spiro atoms. The lowest BCUT2D eigenvalue weighted by Gasteiger charge is -2.10. The lowest BCUT2D eigenvalue weighted by atomic mass is 10.00. The Morgan fingerprint density at radius 2 is 1.95 bits per heavy atom. The molecule has 1 aromatic carbocycles. The lowest BCUT2D eigenvalue weighted by molar-refractivity contribution is -0.137. The maximum absolute atomic E-state index is 12.5. The van der Waals surface area contributed by atoms with Gasteiger partial charge in [-0.2, -0.15) is 13.2 Å². The van der Waals surface area contributed by atoms with Crippen LogP contribution in [-0.4, -0.2) is 17.6 Å². The van der Waals surface area contributed by atoms with Gasteiger partial charge in [-0.05, 0) is 25.0 Å². The number of nitrogens with two attached hydrogens (primary N) is 1. The second-order valence-corrected chi connectivity index (χ2v) is 4.68. The second-order valence-electron chi connectivity index (χ2n) is 4.68. The van der Waals surface area contributed by atoms with E-state index in [1.54, 1.807) is 0 Å². The zero-order valence-electron chi connectivity index (χ0n) is 11.0. The van der Waals surface area contributed by atoms with E-state index in [9.17, 15) is 22.8 Å². The van der Waals surface area contributed by atoms with Gasteiger partial charge in [0.25, 0.3) is 0 Å². The fourth-order valence-corrected chi connectivity index (χ4v) is 1.78. The van der Waals surface area contributed by atoms with Crippen LogP contribution >= 0.6 is 0 Å². The zero-order chi connectivity index (χ0) is 15.3. The molecular weight excluding hydrogens is 271 g/mol. The first-order chi connectivity index (χ1) is 9.20. The standard InChI is InChI=1S/C14H16F3NO2/c1-9(19)7-12(18)13(20)6-5-10-3-2-4-11(8-10)14(15,16)17/h2-4,8,12H,5-7,18H2,1H3/t12-/m1/s1. The minimum Gasteiger partial charge on any atom is -0.321 e. The van der Waals surface area contributed by atoms with Crippen LogP contribution in [0.2, 0.25) is 0 Å². The quantitative estimate of drug-likeness (QED) is 0.874. The molecule has 0 saturated heterocycles. The van der Waals surface area contributed by atoms with Crippen molar-refractivity contribution >= 4 is 11.6 Å². The van der Waals surface area contributed by atoms with Crippen molar-refractivity contribution in [2.24, 2.45) is 5.73 Å². The van der Waals surface area contributed by atoms with Crippen LogP contribution in [0.15, 0.2) is 24.3 Å². The number of hydrogen-bond donors (Lipinski definition) is 1. The molecular formula is C14H16F3NO2. The van der Waals surface area contributed by atoms with Gasteiger partial charge in [-0.15, -0.1) is 0 Å². The topological polar surface area (TPSA) is 60.2 Å². The van der Waals surface area contributed by atoms with E-state index in [4.69, 9.17) is 5.73 Å². The molecule has 0 unspecified atom stereocenters. The summed E-state index contributed by atoms with van der Waals surface area (Å²) in [5.41, 5.74) is 5.21. The third-order valence-electron chi connectivity index (χ3n) is 2.84. The number of carbonyl (C=O) groups excluding carboxylic acids is 2. The highest BCUT2D eigenvalue weighted by Gasteiger charge is 2.30. The molecule has 1 rings (SSSR count). The van der Waals surface area contributed by atoms with Gasteiger partial charge >= 0.3 is 6.18 Å². The molecule has 0 aliphatic rings. The number of rotatable bonds is 6. The molecule has 2 N–H and O–H groups in total. The number of alkyl halides is 3. The van der Waals surface area contributed by atoms with Crippen LogP contribution in [0.25, 0.3) is 0 Å². The van der Waals surface area contributed by atoms with E-state index in [-0.39, 0.29) is 30.8 Å². The van der Waals surface area contributed by atoms with Crippen molar-refractivity contribution in [2.75, 3.05) is 0 Å². The minimum absolute atomic E-state index is 0.0236. The molecule has 6 heteroatoms. The molecule has 0 heterocycles. The van der Waals surface area contributed by atoms with Crippen LogP contribution in [0.3, 0.4) is 0 Å². The smallest absolute Gasteiger partial charge is 0.321 e. The first kappa shape index (κ1) is 16.4. The van der Waals surface area contributed by atoms with Crippen LogP contribution in [0.1, 0.15) is 30.9 Å². The highest BCUT2D eigenvalue weighted by atomic mass is 19.4. The van der Waals surface area contributed by atoms with Crippen LogP contribution < -0.4 is 5.73 Å². The molecule has 0 amide bonds. The Labute approximate surface area is 115 Å². The lowest BCUT2D eigenvalue weighted by Crippen LogP contribution is -2.32. The molecule has 0 radical (unpaired) electrons.